The lowest BCUT2D eigenvalue weighted by atomic mass is 10.0. The third-order valence-corrected chi connectivity index (χ3v) is 2.98. The van der Waals surface area contributed by atoms with Gasteiger partial charge in [-0.3, -0.25) is 9.59 Å². The molecule has 1 aliphatic heterocycles. The number of piperidine rings is 1. The second-order valence-corrected chi connectivity index (χ2v) is 3.85. The molecule has 0 aromatic rings. The minimum atomic E-state index is -0.185. The molecule has 72 valence electrons. The first-order valence-corrected chi connectivity index (χ1v) is 4.58. The molecule has 13 heavy (non-hydrogen) atoms. The van der Waals surface area contributed by atoms with Gasteiger partial charge < -0.3 is 10.1 Å². The van der Waals surface area contributed by atoms with E-state index in [0.717, 1.165) is 12.8 Å². The molecule has 0 radical (unpaired) electrons. The number of amides is 1. The Morgan fingerprint density at radius 1 is 1.54 bits per heavy atom. The topological polar surface area (TPSA) is 55.4 Å². The van der Waals surface area contributed by atoms with E-state index in [1.807, 2.05) is 0 Å². The van der Waals surface area contributed by atoms with Crippen LogP contribution in [0.3, 0.4) is 0 Å². The van der Waals surface area contributed by atoms with Crippen molar-refractivity contribution >= 4 is 11.9 Å². The van der Waals surface area contributed by atoms with E-state index in [4.69, 9.17) is 0 Å². The molecule has 2 fully saturated rings. The van der Waals surface area contributed by atoms with Crippen LogP contribution in [0.5, 0.6) is 0 Å². The van der Waals surface area contributed by atoms with Crippen LogP contribution in [0.4, 0.5) is 0 Å². The molecular weight excluding hydrogens is 170 g/mol. The lowest BCUT2D eigenvalue weighted by Crippen LogP contribution is -2.42. The van der Waals surface area contributed by atoms with Crippen molar-refractivity contribution < 1.29 is 14.3 Å². The molecule has 1 saturated heterocycles. The molecule has 1 aliphatic carbocycles. The first-order valence-electron chi connectivity index (χ1n) is 4.58. The standard InChI is InChI=1S/C9H13NO3/c1-13-9(12)6-2-5-3-7(6)10-8(11)4-5/h5-7H,2-4H2,1H3,(H,10,11)/t5-,6-,7+/m1/s1. The molecule has 1 amide bonds. The fraction of sp³-hybridized carbons (Fsp3) is 0.778. The Morgan fingerprint density at radius 3 is 3.00 bits per heavy atom. The molecule has 2 bridgehead atoms. The molecule has 4 nitrogen and oxygen atoms in total. The van der Waals surface area contributed by atoms with Crippen LogP contribution in [0.25, 0.3) is 0 Å². The minimum Gasteiger partial charge on any atom is -0.469 e. The summed E-state index contributed by atoms with van der Waals surface area (Å²) in [6.07, 6.45) is 2.31. The highest BCUT2D eigenvalue weighted by molar-refractivity contribution is 5.81. The number of rotatable bonds is 1. The van der Waals surface area contributed by atoms with Crippen LogP contribution in [-0.2, 0) is 14.3 Å². The van der Waals surface area contributed by atoms with Gasteiger partial charge in [-0.1, -0.05) is 0 Å². The van der Waals surface area contributed by atoms with E-state index in [2.05, 4.69) is 10.1 Å². The Labute approximate surface area is 76.6 Å². The van der Waals surface area contributed by atoms with Gasteiger partial charge in [0.15, 0.2) is 0 Å². The maximum atomic E-state index is 11.3. The SMILES string of the molecule is COC(=O)[C@@H]1C[C@H]2CC(=O)N[C@H]1C2. The van der Waals surface area contributed by atoms with Gasteiger partial charge in [-0.15, -0.1) is 0 Å². The van der Waals surface area contributed by atoms with E-state index >= 15 is 0 Å². The van der Waals surface area contributed by atoms with Gasteiger partial charge in [0.05, 0.1) is 13.0 Å². The van der Waals surface area contributed by atoms with Crippen LogP contribution in [0, 0.1) is 11.8 Å². The summed E-state index contributed by atoms with van der Waals surface area (Å²) < 4.78 is 4.69. The number of carbonyl (C=O) groups is 2. The fourth-order valence-corrected chi connectivity index (χ4v) is 2.41. The summed E-state index contributed by atoms with van der Waals surface area (Å²) in [5, 5.41) is 2.83. The quantitative estimate of drug-likeness (QED) is 0.585. The Morgan fingerprint density at radius 2 is 2.31 bits per heavy atom. The van der Waals surface area contributed by atoms with Gasteiger partial charge in [0.2, 0.25) is 5.91 Å². The monoisotopic (exact) mass is 183 g/mol. The van der Waals surface area contributed by atoms with E-state index in [1.165, 1.54) is 7.11 Å². The van der Waals surface area contributed by atoms with Crippen molar-refractivity contribution in [1.82, 2.24) is 5.32 Å². The third-order valence-electron chi connectivity index (χ3n) is 2.98. The molecular formula is C9H13NO3. The number of methoxy groups -OCH3 is 1. The predicted molar refractivity (Wildman–Crippen MR) is 44.8 cm³/mol. The Bertz CT molecular complexity index is 251. The number of hydrogen-bond acceptors (Lipinski definition) is 3. The lowest BCUT2D eigenvalue weighted by Gasteiger charge is -2.21. The number of nitrogens with one attached hydrogen (secondary N) is 1. The summed E-state index contributed by atoms with van der Waals surface area (Å²) in [4.78, 5) is 22.4. The second kappa shape index (κ2) is 3.01. The van der Waals surface area contributed by atoms with E-state index < -0.39 is 0 Å². The Kier molecular flexibility index (Phi) is 1.98. The van der Waals surface area contributed by atoms with Gasteiger partial charge in [0.1, 0.15) is 0 Å². The number of fused-ring (bicyclic) bond motifs is 2. The molecule has 1 saturated carbocycles. The fourth-order valence-electron chi connectivity index (χ4n) is 2.41. The van der Waals surface area contributed by atoms with Crippen LogP contribution in [0.2, 0.25) is 0 Å². The summed E-state index contributed by atoms with van der Waals surface area (Å²) >= 11 is 0. The summed E-state index contributed by atoms with van der Waals surface area (Å²) in [5.74, 6) is 0.173. The molecule has 2 aliphatic rings. The van der Waals surface area contributed by atoms with Gasteiger partial charge >= 0.3 is 5.97 Å². The molecule has 0 aromatic carbocycles. The molecule has 0 unspecified atom stereocenters. The average Bonchev–Trinajstić information content (AvgIpc) is 2.40. The first kappa shape index (κ1) is 8.53. The number of esters is 1. The first-order chi connectivity index (χ1) is 6.20. The van der Waals surface area contributed by atoms with Gasteiger partial charge in [-0.2, -0.15) is 0 Å². The van der Waals surface area contributed by atoms with E-state index in [9.17, 15) is 9.59 Å². The van der Waals surface area contributed by atoms with Crippen molar-refractivity contribution in [1.29, 1.82) is 0 Å². The Balaban J connectivity index is 2.09. The summed E-state index contributed by atoms with van der Waals surface area (Å²) in [7, 11) is 1.40. The number of hydrogen-bond donors (Lipinski definition) is 1. The predicted octanol–water partition coefficient (Wildman–Crippen LogP) is 0.0741. The largest absolute Gasteiger partial charge is 0.469 e. The average molecular weight is 183 g/mol. The zero-order chi connectivity index (χ0) is 9.42. The normalized spacial score (nSPS) is 37.0. The molecule has 1 heterocycles. The molecule has 0 spiro atoms. The smallest absolute Gasteiger partial charge is 0.310 e. The summed E-state index contributed by atoms with van der Waals surface area (Å²) in [6.45, 7) is 0. The third kappa shape index (κ3) is 1.41. The minimum absolute atomic E-state index is 0.0266. The summed E-state index contributed by atoms with van der Waals surface area (Å²) in [6, 6.07) is 0.0266. The highest BCUT2D eigenvalue weighted by Crippen LogP contribution is 2.37. The van der Waals surface area contributed by atoms with Crippen molar-refractivity contribution in [3.8, 4) is 0 Å². The number of ether oxygens (including phenoxy) is 1. The van der Waals surface area contributed by atoms with E-state index in [-0.39, 0.29) is 23.8 Å². The molecule has 1 N–H and O–H groups in total. The lowest BCUT2D eigenvalue weighted by molar-refractivity contribution is -0.145. The molecule has 2 rings (SSSR count). The van der Waals surface area contributed by atoms with Gasteiger partial charge in [0, 0.05) is 12.5 Å². The molecule has 0 aromatic heterocycles. The summed E-state index contributed by atoms with van der Waals surface area (Å²) in [5.41, 5.74) is 0. The van der Waals surface area contributed by atoms with Crippen molar-refractivity contribution in [2.75, 3.05) is 7.11 Å². The molecule has 3 atom stereocenters. The van der Waals surface area contributed by atoms with E-state index in [0.29, 0.717) is 12.3 Å². The van der Waals surface area contributed by atoms with Gasteiger partial charge in [-0.05, 0) is 18.8 Å². The van der Waals surface area contributed by atoms with Crippen LogP contribution >= 0.6 is 0 Å². The highest BCUT2D eigenvalue weighted by atomic mass is 16.5. The van der Waals surface area contributed by atoms with Gasteiger partial charge in [-0.25, -0.2) is 0 Å². The van der Waals surface area contributed by atoms with Crippen molar-refractivity contribution in [2.24, 2.45) is 11.8 Å². The zero-order valence-electron chi connectivity index (χ0n) is 7.58. The van der Waals surface area contributed by atoms with Crippen molar-refractivity contribution in [3.05, 3.63) is 0 Å². The van der Waals surface area contributed by atoms with Gasteiger partial charge in [0.25, 0.3) is 0 Å². The maximum Gasteiger partial charge on any atom is 0.310 e. The second-order valence-electron chi connectivity index (χ2n) is 3.85. The maximum absolute atomic E-state index is 11.3. The van der Waals surface area contributed by atoms with Crippen LogP contribution in [-0.4, -0.2) is 25.0 Å². The van der Waals surface area contributed by atoms with Crippen molar-refractivity contribution in [3.63, 3.8) is 0 Å². The van der Waals surface area contributed by atoms with Crippen LogP contribution in [0.1, 0.15) is 19.3 Å². The number of carbonyl (C=O) groups excluding carboxylic acids is 2. The van der Waals surface area contributed by atoms with E-state index in [1.54, 1.807) is 0 Å². The van der Waals surface area contributed by atoms with Crippen molar-refractivity contribution in [2.45, 2.75) is 25.3 Å². The van der Waals surface area contributed by atoms with Crippen LogP contribution < -0.4 is 5.32 Å². The zero-order valence-corrected chi connectivity index (χ0v) is 7.58. The van der Waals surface area contributed by atoms with Crippen LogP contribution in [0.15, 0.2) is 0 Å². The molecule has 4 heteroatoms. The highest BCUT2D eigenvalue weighted by Gasteiger charge is 2.43. The Hall–Kier alpha value is -1.06.